The number of allylic oxidation sites excluding steroid dienone is 1. The molecular weight excluding hydrogens is 473 g/mol. The SMILES string of the molecule is C=C(CC(C)C)Nc1cncc(-c2cc(Cc3nc4c(-c5ccc(F)s5)cncc4[nH]3)c(N)cn2)c1. The maximum Gasteiger partial charge on any atom is 0.176 e. The van der Waals surface area contributed by atoms with E-state index >= 15 is 0 Å². The zero-order valence-electron chi connectivity index (χ0n) is 20.0. The van der Waals surface area contributed by atoms with Gasteiger partial charge in [-0.15, -0.1) is 11.3 Å². The number of hydrogen-bond donors (Lipinski definition) is 3. The van der Waals surface area contributed by atoms with Crippen LogP contribution in [0.25, 0.3) is 32.7 Å². The molecule has 0 spiro atoms. The quantitative estimate of drug-likeness (QED) is 0.227. The van der Waals surface area contributed by atoms with Crippen LogP contribution in [0.5, 0.6) is 0 Å². The van der Waals surface area contributed by atoms with Crippen molar-refractivity contribution in [1.29, 1.82) is 0 Å². The van der Waals surface area contributed by atoms with Crippen molar-refractivity contribution in [1.82, 2.24) is 24.9 Å². The lowest BCUT2D eigenvalue weighted by molar-refractivity contribution is 0.645. The van der Waals surface area contributed by atoms with Crippen molar-refractivity contribution in [2.45, 2.75) is 26.7 Å². The number of pyridine rings is 3. The molecule has 0 radical (unpaired) electrons. The number of halogens is 1. The number of nitrogens with two attached hydrogens (primary N) is 1. The number of H-pyrrole nitrogens is 1. The lowest BCUT2D eigenvalue weighted by atomic mass is 10.1. The molecule has 4 N–H and O–H groups in total. The van der Waals surface area contributed by atoms with Crippen LogP contribution in [0.15, 0.2) is 67.5 Å². The molecule has 0 aliphatic heterocycles. The number of imidazole rings is 1. The Labute approximate surface area is 212 Å². The number of nitrogens with one attached hydrogen (secondary N) is 2. The van der Waals surface area contributed by atoms with E-state index in [4.69, 9.17) is 10.7 Å². The molecule has 0 fully saturated rings. The third-order valence-corrected chi connectivity index (χ3v) is 6.58. The van der Waals surface area contributed by atoms with E-state index in [1.807, 2.05) is 12.1 Å². The molecule has 0 saturated heterocycles. The zero-order valence-corrected chi connectivity index (χ0v) is 20.9. The molecule has 0 aliphatic rings. The molecule has 7 nitrogen and oxygen atoms in total. The Morgan fingerprint density at radius 3 is 2.75 bits per heavy atom. The lowest BCUT2D eigenvalue weighted by Crippen LogP contribution is -2.02. The predicted molar refractivity (Wildman–Crippen MR) is 144 cm³/mol. The van der Waals surface area contributed by atoms with Crippen molar-refractivity contribution in [2.24, 2.45) is 5.92 Å². The summed E-state index contributed by atoms with van der Waals surface area (Å²) in [7, 11) is 0. The third kappa shape index (κ3) is 5.11. The summed E-state index contributed by atoms with van der Waals surface area (Å²) >= 11 is 1.07. The molecule has 0 atom stereocenters. The maximum absolute atomic E-state index is 13.6. The number of nitrogens with zero attached hydrogens (tertiary/aromatic N) is 4. The fourth-order valence-electron chi connectivity index (χ4n) is 4.10. The Bertz CT molecular complexity index is 1550. The summed E-state index contributed by atoms with van der Waals surface area (Å²) in [4.78, 5) is 22.1. The van der Waals surface area contributed by atoms with Crippen LogP contribution in [0.1, 0.15) is 31.7 Å². The molecule has 9 heteroatoms. The summed E-state index contributed by atoms with van der Waals surface area (Å²) in [5.41, 5.74) is 13.5. The molecule has 182 valence electrons. The van der Waals surface area contributed by atoms with Crippen molar-refractivity contribution >= 4 is 33.7 Å². The topological polar surface area (TPSA) is 105 Å². The highest BCUT2D eigenvalue weighted by atomic mass is 32.1. The number of aromatic nitrogens is 5. The minimum absolute atomic E-state index is 0.243. The van der Waals surface area contributed by atoms with Gasteiger partial charge in [0.2, 0.25) is 0 Å². The largest absolute Gasteiger partial charge is 0.397 e. The van der Waals surface area contributed by atoms with E-state index in [0.717, 1.165) is 73.3 Å². The Balaban J connectivity index is 1.42. The average Bonchev–Trinajstić information content (AvgIpc) is 3.45. The molecule has 0 aromatic carbocycles. The minimum Gasteiger partial charge on any atom is -0.397 e. The number of nitrogen functional groups attached to an aromatic ring is 1. The second-order valence-electron chi connectivity index (χ2n) is 9.10. The van der Waals surface area contributed by atoms with Crippen molar-refractivity contribution in [3.05, 3.63) is 84.0 Å². The first-order valence-electron chi connectivity index (χ1n) is 11.6. The van der Waals surface area contributed by atoms with Gasteiger partial charge >= 0.3 is 0 Å². The van der Waals surface area contributed by atoms with Crippen LogP contribution in [0.4, 0.5) is 15.8 Å². The van der Waals surface area contributed by atoms with E-state index in [1.165, 1.54) is 6.07 Å². The highest BCUT2D eigenvalue weighted by Crippen LogP contribution is 2.32. The van der Waals surface area contributed by atoms with Crippen molar-refractivity contribution in [3.8, 4) is 21.7 Å². The summed E-state index contributed by atoms with van der Waals surface area (Å²) in [6.45, 7) is 8.42. The summed E-state index contributed by atoms with van der Waals surface area (Å²) in [6.07, 6.45) is 9.99. The summed E-state index contributed by atoms with van der Waals surface area (Å²) < 4.78 is 13.6. The molecule has 0 unspecified atom stereocenters. The molecular formula is C27H26FN7S. The molecule has 5 rings (SSSR count). The molecule has 0 amide bonds. The zero-order chi connectivity index (χ0) is 25.2. The van der Waals surface area contributed by atoms with E-state index in [9.17, 15) is 4.39 Å². The van der Waals surface area contributed by atoms with Crippen molar-refractivity contribution < 1.29 is 4.39 Å². The second-order valence-corrected chi connectivity index (χ2v) is 10.1. The van der Waals surface area contributed by atoms with Crippen LogP contribution < -0.4 is 11.1 Å². The third-order valence-electron chi connectivity index (χ3n) is 5.67. The smallest absolute Gasteiger partial charge is 0.176 e. The number of hydrogen-bond acceptors (Lipinski definition) is 7. The molecule has 0 saturated carbocycles. The Kier molecular flexibility index (Phi) is 6.47. The highest BCUT2D eigenvalue weighted by molar-refractivity contribution is 7.14. The molecule has 5 heterocycles. The Hall–Kier alpha value is -4.11. The average molecular weight is 500 g/mol. The van der Waals surface area contributed by atoms with Crippen LogP contribution in [0, 0.1) is 11.0 Å². The molecule has 0 aliphatic carbocycles. The first-order valence-corrected chi connectivity index (χ1v) is 12.4. The van der Waals surface area contributed by atoms with E-state index in [1.54, 1.807) is 37.1 Å². The van der Waals surface area contributed by atoms with Gasteiger partial charge in [-0.3, -0.25) is 15.0 Å². The number of fused-ring (bicyclic) bond motifs is 1. The van der Waals surface area contributed by atoms with E-state index in [-0.39, 0.29) is 5.13 Å². The van der Waals surface area contributed by atoms with Crippen LogP contribution in [-0.2, 0) is 6.42 Å². The van der Waals surface area contributed by atoms with E-state index < -0.39 is 0 Å². The predicted octanol–water partition coefficient (Wildman–Crippen LogP) is 6.43. The van der Waals surface area contributed by atoms with Crippen molar-refractivity contribution in [3.63, 3.8) is 0 Å². The normalized spacial score (nSPS) is 11.3. The Morgan fingerprint density at radius 2 is 1.97 bits per heavy atom. The molecule has 5 aromatic rings. The first-order chi connectivity index (χ1) is 17.4. The van der Waals surface area contributed by atoms with Gasteiger partial charge in [0.25, 0.3) is 0 Å². The summed E-state index contributed by atoms with van der Waals surface area (Å²) in [5.74, 6) is 1.25. The fourth-order valence-corrected chi connectivity index (χ4v) is 4.84. The first kappa shape index (κ1) is 23.6. The van der Waals surface area contributed by atoms with Gasteiger partial charge in [-0.05, 0) is 42.2 Å². The summed E-state index contributed by atoms with van der Waals surface area (Å²) in [5, 5.41) is 3.09. The lowest BCUT2D eigenvalue weighted by Gasteiger charge is -2.12. The van der Waals surface area contributed by atoms with E-state index in [0.29, 0.717) is 18.0 Å². The van der Waals surface area contributed by atoms with Gasteiger partial charge < -0.3 is 16.0 Å². The molecule has 36 heavy (non-hydrogen) atoms. The van der Waals surface area contributed by atoms with Crippen LogP contribution in [0.2, 0.25) is 0 Å². The molecule has 0 bridgehead atoms. The minimum atomic E-state index is -0.243. The van der Waals surface area contributed by atoms with Gasteiger partial charge in [0.1, 0.15) is 11.3 Å². The van der Waals surface area contributed by atoms with E-state index in [2.05, 4.69) is 45.7 Å². The van der Waals surface area contributed by atoms with Crippen molar-refractivity contribution in [2.75, 3.05) is 11.1 Å². The van der Waals surface area contributed by atoms with Gasteiger partial charge in [0.05, 0.1) is 41.2 Å². The monoisotopic (exact) mass is 499 g/mol. The standard InChI is InChI=1S/C27H26FN7S/c1-15(2)6-16(3)33-19-7-18(10-30-11-19)22-8-17(21(29)13-32-22)9-26-34-23-14-31-12-20(27(23)35-26)24-4-5-25(28)36-24/h4-5,7-8,10-15,33H,3,6,9,29H2,1-2H3,(H,34,35). The van der Waals surface area contributed by atoms with Gasteiger partial charge in [0.15, 0.2) is 5.13 Å². The van der Waals surface area contributed by atoms with Gasteiger partial charge in [-0.1, -0.05) is 20.4 Å². The maximum atomic E-state index is 13.6. The van der Waals surface area contributed by atoms with Crippen LogP contribution in [-0.4, -0.2) is 24.9 Å². The molecule has 5 aromatic heterocycles. The van der Waals surface area contributed by atoms with Gasteiger partial charge in [0, 0.05) is 40.5 Å². The number of rotatable bonds is 8. The number of thiophene rings is 1. The highest BCUT2D eigenvalue weighted by Gasteiger charge is 2.14. The summed E-state index contributed by atoms with van der Waals surface area (Å²) in [6, 6.07) is 7.15. The Morgan fingerprint density at radius 1 is 1.14 bits per heavy atom. The van der Waals surface area contributed by atoms with Crippen LogP contribution >= 0.6 is 11.3 Å². The fraction of sp³-hybridized carbons (Fsp3) is 0.185. The number of anilines is 2. The van der Waals surface area contributed by atoms with Gasteiger partial charge in [-0.25, -0.2) is 4.98 Å². The van der Waals surface area contributed by atoms with Gasteiger partial charge in [-0.2, -0.15) is 4.39 Å². The van der Waals surface area contributed by atoms with Crippen LogP contribution in [0.3, 0.4) is 0 Å². The number of aromatic amines is 1. The second kappa shape index (κ2) is 9.87.